The summed E-state index contributed by atoms with van der Waals surface area (Å²) in [5.74, 6) is 2.96. The van der Waals surface area contributed by atoms with Gasteiger partial charge >= 0.3 is 0 Å². The van der Waals surface area contributed by atoms with Crippen molar-refractivity contribution in [1.82, 2.24) is 4.90 Å². The Labute approximate surface area is 157 Å². The molecule has 1 saturated heterocycles. The molecule has 6 nitrogen and oxygen atoms in total. The molecule has 1 spiro atoms. The molecule has 0 saturated carbocycles. The van der Waals surface area contributed by atoms with Crippen molar-refractivity contribution in [3.05, 3.63) is 46.5 Å². The normalized spacial score (nSPS) is 33.6. The summed E-state index contributed by atoms with van der Waals surface area (Å²) >= 11 is 0. The van der Waals surface area contributed by atoms with Crippen LogP contribution in [0.25, 0.3) is 0 Å². The van der Waals surface area contributed by atoms with Crippen LogP contribution in [-0.2, 0) is 17.5 Å². The fraction of sp³-hybridized carbons (Fsp3) is 0.429. The Morgan fingerprint density at radius 3 is 2.67 bits per heavy atom. The number of aliphatic hydroxyl groups is 1. The third kappa shape index (κ3) is 1.46. The minimum Gasteiger partial charge on any atom is -0.493 e. The standard InChI is InChI=1S/C21H21NO5/c1-20-17-12(4-5-14(24-2)18(17)25-3)19(23)21(20)13-9-16-15(26-10-27-16)8-11(13)6-7-22(20)21/h4-5,8-9,19,23H,6-7,10H2,1-3H3/t19-,20+,21-,22?/m0/s1. The molecule has 2 aromatic rings. The number of ether oxygens (including phenoxy) is 4. The largest absolute Gasteiger partial charge is 0.493 e. The van der Waals surface area contributed by atoms with Crippen LogP contribution in [-0.4, -0.2) is 37.6 Å². The molecule has 0 bridgehead atoms. The molecule has 1 unspecified atom stereocenters. The molecule has 0 aromatic heterocycles. The highest BCUT2D eigenvalue weighted by molar-refractivity contribution is 5.69. The molecular weight excluding hydrogens is 346 g/mol. The lowest BCUT2D eigenvalue weighted by Crippen LogP contribution is -2.30. The van der Waals surface area contributed by atoms with E-state index in [-0.39, 0.29) is 12.3 Å². The number of rotatable bonds is 2. The first-order valence-corrected chi connectivity index (χ1v) is 9.23. The smallest absolute Gasteiger partial charge is 0.231 e. The van der Waals surface area contributed by atoms with Gasteiger partial charge in [-0.15, -0.1) is 0 Å². The van der Waals surface area contributed by atoms with E-state index in [0.717, 1.165) is 41.2 Å². The van der Waals surface area contributed by atoms with E-state index in [9.17, 15) is 5.11 Å². The lowest BCUT2D eigenvalue weighted by molar-refractivity contribution is 0.101. The highest BCUT2D eigenvalue weighted by Gasteiger charge is 2.83. The van der Waals surface area contributed by atoms with Crippen LogP contribution in [0, 0.1) is 0 Å². The summed E-state index contributed by atoms with van der Waals surface area (Å²) < 4.78 is 22.5. The molecule has 6 heteroatoms. The van der Waals surface area contributed by atoms with Gasteiger partial charge in [-0.3, -0.25) is 4.90 Å². The second-order valence-electron chi connectivity index (χ2n) is 7.77. The van der Waals surface area contributed by atoms with Crippen LogP contribution < -0.4 is 18.9 Å². The molecule has 1 fully saturated rings. The second kappa shape index (κ2) is 4.69. The zero-order chi connectivity index (χ0) is 18.6. The number of hydrogen-bond donors (Lipinski definition) is 1. The molecule has 2 aromatic carbocycles. The Kier molecular flexibility index (Phi) is 2.71. The van der Waals surface area contributed by atoms with E-state index in [1.165, 1.54) is 5.56 Å². The number of aliphatic hydroxyl groups excluding tert-OH is 1. The highest BCUT2D eigenvalue weighted by Crippen LogP contribution is 2.78. The molecular formula is C21H21NO5. The monoisotopic (exact) mass is 367 g/mol. The van der Waals surface area contributed by atoms with Crippen molar-refractivity contribution < 1.29 is 24.1 Å². The van der Waals surface area contributed by atoms with Crippen LogP contribution in [0.2, 0.25) is 0 Å². The third-order valence-corrected chi connectivity index (χ3v) is 7.03. The fourth-order valence-electron chi connectivity index (χ4n) is 5.93. The van der Waals surface area contributed by atoms with Crippen LogP contribution >= 0.6 is 0 Å². The Bertz CT molecular complexity index is 1000. The molecule has 4 atom stereocenters. The van der Waals surface area contributed by atoms with E-state index in [4.69, 9.17) is 18.9 Å². The summed E-state index contributed by atoms with van der Waals surface area (Å²) in [5.41, 5.74) is 3.45. The Balaban J connectivity index is 1.62. The van der Waals surface area contributed by atoms with E-state index in [0.29, 0.717) is 11.5 Å². The minimum atomic E-state index is -0.642. The minimum absolute atomic E-state index is 0.250. The van der Waals surface area contributed by atoms with Gasteiger partial charge in [0.05, 0.1) is 19.8 Å². The number of hydrogen-bond acceptors (Lipinski definition) is 6. The summed E-state index contributed by atoms with van der Waals surface area (Å²) in [6.07, 6.45) is 0.272. The zero-order valence-electron chi connectivity index (χ0n) is 15.5. The van der Waals surface area contributed by atoms with Crippen molar-refractivity contribution in [1.29, 1.82) is 0 Å². The van der Waals surface area contributed by atoms with Crippen molar-refractivity contribution in [3.8, 4) is 23.0 Å². The average molecular weight is 367 g/mol. The van der Waals surface area contributed by atoms with E-state index in [1.807, 2.05) is 12.1 Å². The predicted molar refractivity (Wildman–Crippen MR) is 96.5 cm³/mol. The van der Waals surface area contributed by atoms with Crippen molar-refractivity contribution in [2.24, 2.45) is 0 Å². The van der Waals surface area contributed by atoms with Gasteiger partial charge < -0.3 is 24.1 Å². The lowest BCUT2D eigenvalue weighted by atomic mass is 9.82. The van der Waals surface area contributed by atoms with E-state index < -0.39 is 11.6 Å². The zero-order valence-corrected chi connectivity index (χ0v) is 15.5. The number of benzene rings is 2. The van der Waals surface area contributed by atoms with Crippen LogP contribution in [0.15, 0.2) is 24.3 Å². The molecule has 27 heavy (non-hydrogen) atoms. The van der Waals surface area contributed by atoms with Crippen LogP contribution in [0.3, 0.4) is 0 Å². The van der Waals surface area contributed by atoms with Gasteiger partial charge in [0.25, 0.3) is 0 Å². The average Bonchev–Trinajstić information content (AvgIpc) is 2.93. The summed E-state index contributed by atoms with van der Waals surface area (Å²) in [7, 11) is 3.30. The maximum atomic E-state index is 11.5. The van der Waals surface area contributed by atoms with Gasteiger partial charge in [0.1, 0.15) is 11.6 Å². The molecule has 1 aliphatic carbocycles. The maximum Gasteiger partial charge on any atom is 0.231 e. The maximum absolute atomic E-state index is 11.5. The first-order valence-electron chi connectivity index (χ1n) is 9.23. The summed E-state index contributed by atoms with van der Waals surface area (Å²) in [5, 5.41) is 11.5. The number of fused-ring (bicyclic) bond motifs is 5. The van der Waals surface area contributed by atoms with Gasteiger partial charge in [-0.2, -0.15) is 0 Å². The number of methoxy groups -OCH3 is 2. The van der Waals surface area contributed by atoms with Crippen LogP contribution in [0.1, 0.15) is 35.3 Å². The van der Waals surface area contributed by atoms with Crippen LogP contribution in [0.5, 0.6) is 23.0 Å². The lowest BCUT2D eigenvalue weighted by Gasteiger charge is -2.30. The summed E-state index contributed by atoms with van der Waals surface area (Å²) in [4.78, 5) is 2.39. The molecule has 4 aliphatic rings. The number of nitrogens with zero attached hydrogens (tertiary/aromatic N) is 1. The molecule has 140 valence electrons. The first-order chi connectivity index (χ1) is 13.1. The molecule has 3 heterocycles. The quantitative estimate of drug-likeness (QED) is 0.823. The molecule has 3 aliphatic heterocycles. The van der Waals surface area contributed by atoms with E-state index >= 15 is 0 Å². The van der Waals surface area contributed by atoms with Crippen molar-refractivity contribution in [2.45, 2.75) is 30.5 Å². The molecule has 0 radical (unpaired) electrons. The van der Waals surface area contributed by atoms with Crippen LogP contribution in [0.4, 0.5) is 0 Å². The van der Waals surface area contributed by atoms with Gasteiger partial charge in [0.15, 0.2) is 23.0 Å². The Hall–Kier alpha value is -2.44. The predicted octanol–water partition coefficient (Wildman–Crippen LogP) is 2.46. The highest BCUT2D eigenvalue weighted by atomic mass is 16.7. The van der Waals surface area contributed by atoms with E-state index in [2.05, 4.69) is 24.0 Å². The Morgan fingerprint density at radius 2 is 1.93 bits per heavy atom. The molecule has 0 amide bonds. The van der Waals surface area contributed by atoms with Gasteiger partial charge in [-0.05, 0) is 48.2 Å². The van der Waals surface area contributed by atoms with Gasteiger partial charge in [-0.25, -0.2) is 0 Å². The van der Waals surface area contributed by atoms with Gasteiger partial charge in [0.2, 0.25) is 6.79 Å². The van der Waals surface area contributed by atoms with Crippen molar-refractivity contribution >= 4 is 0 Å². The van der Waals surface area contributed by atoms with Crippen molar-refractivity contribution in [3.63, 3.8) is 0 Å². The third-order valence-electron chi connectivity index (χ3n) is 7.03. The summed E-state index contributed by atoms with van der Waals surface area (Å²) in [6, 6.07) is 7.98. The fourth-order valence-corrected chi connectivity index (χ4v) is 5.93. The van der Waals surface area contributed by atoms with Gasteiger partial charge in [0, 0.05) is 12.1 Å². The van der Waals surface area contributed by atoms with Crippen molar-refractivity contribution in [2.75, 3.05) is 27.6 Å². The second-order valence-corrected chi connectivity index (χ2v) is 7.77. The van der Waals surface area contributed by atoms with Gasteiger partial charge in [-0.1, -0.05) is 6.07 Å². The SMILES string of the molecule is COc1ccc2c(c1OC)[C@@]1(C)N3CCc4cc5c(cc4[C@@]31[C@H]2O)OCO5. The molecule has 1 N–H and O–H groups in total. The Morgan fingerprint density at radius 1 is 1.15 bits per heavy atom. The summed E-state index contributed by atoms with van der Waals surface area (Å²) in [6.45, 7) is 3.32. The topological polar surface area (TPSA) is 60.2 Å². The first kappa shape index (κ1) is 15.6. The van der Waals surface area contributed by atoms with E-state index in [1.54, 1.807) is 14.2 Å². The molecule has 6 rings (SSSR count).